The predicted molar refractivity (Wildman–Crippen MR) is 112 cm³/mol. The van der Waals surface area contributed by atoms with E-state index in [4.69, 9.17) is 9.72 Å². The van der Waals surface area contributed by atoms with Crippen LogP contribution in [0.2, 0.25) is 0 Å². The van der Waals surface area contributed by atoms with Crippen molar-refractivity contribution >= 4 is 11.2 Å². The zero-order valence-electron chi connectivity index (χ0n) is 18.3. The monoisotopic (exact) mass is 402 g/mol. The molecule has 0 atom stereocenters. The van der Waals surface area contributed by atoms with Gasteiger partial charge in [-0.25, -0.2) is 9.48 Å². The van der Waals surface area contributed by atoms with Gasteiger partial charge >= 0.3 is 5.69 Å². The molecule has 3 rings (SSSR count). The fourth-order valence-corrected chi connectivity index (χ4v) is 3.47. The first-order valence-corrected chi connectivity index (χ1v) is 9.99. The molecule has 0 saturated heterocycles. The van der Waals surface area contributed by atoms with Crippen molar-refractivity contribution in [2.24, 2.45) is 13.0 Å². The number of aryl methyl sites for hydroxylation is 2. The van der Waals surface area contributed by atoms with E-state index in [9.17, 15) is 9.59 Å². The van der Waals surface area contributed by atoms with Crippen LogP contribution in [-0.2, 0) is 24.9 Å². The Balaban J connectivity index is 2.35. The van der Waals surface area contributed by atoms with Crippen molar-refractivity contribution < 1.29 is 4.74 Å². The average Bonchev–Trinajstić information content (AvgIpc) is 3.15. The number of hydrogen-bond donors (Lipinski definition) is 0. The molecule has 0 aliphatic carbocycles. The minimum Gasteiger partial charge on any atom is -0.380 e. The molecule has 3 aromatic heterocycles. The van der Waals surface area contributed by atoms with Crippen LogP contribution in [0.25, 0.3) is 17.1 Å². The number of imidazole rings is 1. The number of ether oxygens (including phenoxy) is 1. The van der Waals surface area contributed by atoms with Gasteiger partial charge in [-0.05, 0) is 39.2 Å². The quantitative estimate of drug-likeness (QED) is 0.561. The summed E-state index contributed by atoms with van der Waals surface area (Å²) >= 11 is 0. The summed E-state index contributed by atoms with van der Waals surface area (Å²) in [6, 6.07) is 0. The minimum atomic E-state index is -0.396. The molecule has 158 valence electrons. The first kappa shape index (κ1) is 21.0. The Kier molecular flexibility index (Phi) is 5.79. The lowest BCUT2D eigenvalue weighted by atomic mass is 10.2. The fourth-order valence-electron chi connectivity index (χ4n) is 3.47. The normalized spacial score (nSPS) is 11.9. The topological polar surface area (TPSA) is 88.9 Å². The molecule has 9 nitrogen and oxygen atoms in total. The molecule has 9 heteroatoms. The molecule has 0 aliphatic rings. The maximum Gasteiger partial charge on any atom is 0.332 e. The largest absolute Gasteiger partial charge is 0.380 e. The fraction of sp³-hybridized carbons (Fsp3) is 0.600. The molecule has 0 saturated carbocycles. The standard InChI is InChI=1S/C20H30N6O3/c1-8-29-10-9-24-18(27)16-17(23(7)20(24)28)21-19(25(16)11-12(2)3)26-15(6)13(4)14(5)22-26/h12H,8-11H2,1-7H3. The van der Waals surface area contributed by atoms with Gasteiger partial charge in [0.05, 0.1) is 18.8 Å². The van der Waals surface area contributed by atoms with Crippen LogP contribution in [0.15, 0.2) is 9.59 Å². The molecule has 3 heterocycles. The molecule has 0 N–H and O–H groups in total. The Labute approximate surface area is 169 Å². The van der Waals surface area contributed by atoms with Gasteiger partial charge in [0.25, 0.3) is 5.56 Å². The molecule has 0 aliphatic heterocycles. The lowest BCUT2D eigenvalue weighted by molar-refractivity contribution is 0.137. The maximum atomic E-state index is 13.3. The molecule has 3 aromatic rings. The lowest BCUT2D eigenvalue weighted by Gasteiger charge is -2.13. The summed E-state index contributed by atoms with van der Waals surface area (Å²) in [6.07, 6.45) is 0. The second kappa shape index (κ2) is 7.98. The highest BCUT2D eigenvalue weighted by atomic mass is 16.5. The van der Waals surface area contributed by atoms with Gasteiger partial charge in [-0.1, -0.05) is 13.8 Å². The number of fused-ring (bicyclic) bond motifs is 1. The van der Waals surface area contributed by atoms with E-state index in [-0.39, 0.29) is 18.0 Å². The molecular formula is C20H30N6O3. The molecule has 0 unspecified atom stereocenters. The molecule has 0 amide bonds. The average molecular weight is 402 g/mol. The van der Waals surface area contributed by atoms with Gasteiger partial charge in [0.2, 0.25) is 5.95 Å². The molecule has 0 radical (unpaired) electrons. The molecule has 0 bridgehead atoms. The molecule has 29 heavy (non-hydrogen) atoms. The Bertz CT molecular complexity index is 1160. The van der Waals surface area contributed by atoms with Gasteiger partial charge in [-0.3, -0.25) is 13.9 Å². The van der Waals surface area contributed by atoms with Gasteiger partial charge in [-0.15, -0.1) is 0 Å². The zero-order chi connectivity index (χ0) is 21.5. The number of rotatable bonds is 7. The van der Waals surface area contributed by atoms with Crippen LogP contribution in [-0.4, -0.2) is 41.7 Å². The van der Waals surface area contributed by atoms with Crippen LogP contribution in [0, 0.1) is 26.7 Å². The van der Waals surface area contributed by atoms with Crippen LogP contribution < -0.4 is 11.2 Å². The predicted octanol–water partition coefficient (Wildman–Crippen LogP) is 1.70. The van der Waals surface area contributed by atoms with Crippen LogP contribution in [0.1, 0.15) is 37.7 Å². The third-order valence-electron chi connectivity index (χ3n) is 5.27. The van der Waals surface area contributed by atoms with Crippen molar-refractivity contribution in [2.75, 3.05) is 13.2 Å². The van der Waals surface area contributed by atoms with Gasteiger partial charge in [0.1, 0.15) is 0 Å². The van der Waals surface area contributed by atoms with Crippen LogP contribution >= 0.6 is 0 Å². The second-order valence-electron chi connectivity index (χ2n) is 7.79. The zero-order valence-corrected chi connectivity index (χ0v) is 18.3. The van der Waals surface area contributed by atoms with Gasteiger partial charge in [-0.2, -0.15) is 10.1 Å². The third-order valence-corrected chi connectivity index (χ3v) is 5.27. The Hall–Kier alpha value is -2.68. The van der Waals surface area contributed by atoms with E-state index in [0.29, 0.717) is 36.9 Å². The van der Waals surface area contributed by atoms with Crippen molar-refractivity contribution in [3.63, 3.8) is 0 Å². The highest BCUT2D eigenvalue weighted by Gasteiger charge is 2.23. The molecule has 0 spiro atoms. The summed E-state index contributed by atoms with van der Waals surface area (Å²) in [6.45, 7) is 13.6. The summed E-state index contributed by atoms with van der Waals surface area (Å²) in [7, 11) is 1.64. The molecule has 0 fully saturated rings. The minimum absolute atomic E-state index is 0.205. The van der Waals surface area contributed by atoms with Crippen LogP contribution in [0.4, 0.5) is 0 Å². The Morgan fingerprint density at radius 3 is 2.34 bits per heavy atom. The van der Waals surface area contributed by atoms with Crippen LogP contribution in [0.3, 0.4) is 0 Å². The number of aromatic nitrogens is 6. The summed E-state index contributed by atoms with van der Waals surface area (Å²) in [5.74, 6) is 0.828. The van der Waals surface area contributed by atoms with Crippen LogP contribution in [0.5, 0.6) is 0 Å². The van der Waals surface area contributed by atoms with E-state index >= 15 is 0 Å². The Morgan fingerprint density at radius 2 is 1.79 bits per heavy atom. The summed E-state index contributed by atoms with van der Waals surface area (Å²) in [5.41, 5.74) is 2.99. The maximum absolute atomic E-state index is 13.3. The van der Waals surface area contributed by atoms with E-state index in [1.165, 1.54) is 9.13 Å². The highest BCUT2D eigenvalue weighted by Crippen LogP contribution is 2.21. The second-order valence-corrected chi connectivity index (χ2v) is 7.79. The first-order chi connectivity index (χ1) is 13.7. The van der Waals surface area contributed by atoms with E-state index in [2.05, 4.69) is 18.9 Å². The molecular weight excluding hydrogens is 372 g/mol. The van der Waals surface area contributed by atoms with E-state index in [1.54, 1.807) is 11.7 Å². The van der Waals surface area contributed by atoms with Gasteiger partial charge in [0, 0.05) is 25.9 Å². The van der Waals surface area contributed by atoms with Gasteiger partial charge in [0.15, 0.2) is 11.2 Å². The third kappa shape index (κ3) is 3.55. The first-order valence-electron chi connectivity index (χ1n) is 9.99. The lowest BCUT2D eigenvalue weighted by Crippen LogP contribution is -2.40. The van der Waals surface area contributed by atoms with Crippen molar-refractivity contribution in [3.05, 3.63) is 37.8 Å². The van der Waals surface area contributed by atoms with E-state index in [1.807, 2.05) is 32.3 Å². The summed E-state index contributed by atoms with van der Waals surface area (Å²) in [5, 5.41) is 4.63. The number of hydrogen-bond acceptors (Lipinski definition) is 5. The number of nitrogens with zero attached hydrogens (tertiary/aromatic N) is 6. The molecule has 0 aromatic carbocycles. The van der Waals surface area contributed by atoms with E-state index < -0.39 is 5.69 Å². The Morgan fingerprint density at radius 1 is 1.10 bits per heavy atom. The van der Waals surface area contributed by atoms with Crippen molar-refractivity contribution in [1.82, 2.24) is 28.5 Å². The SMILES string of the molecule is CCOCCn1c(=O)c2c(nc(-n3nc(C)c(C)c3C)n2CC(C)C)n(C)c1=O. The van der Waals surface area contributed by atoms with Crippen molar-refractivity contribution in [1.29, 1.82) is 0 Å². The smallest absolute Gasteiger partial charge is 0.332 e. The van der Waals surface area contributed by atoms with E-state index in [0.717, 1.165) is 17.0 Å². The highest BCUT2D eigenvalue weighted by molar-refractivity contribution is 5.72. The van der Waals surface area contributed by atoms with Gasteiger partial charge < -0.3 is 9.30 Å². The van der Waals surface area contributed by atoms with Crippen molar-refractivity contribution in [3.8, 4) is 5.95 Å². The summed E-state index contributed by atoms with van der Waals surface area (Å²) in [4.78, 5) is 30.8. The van der Waals surface area contributed by atoms with Crippen molar-refractivity contribution in [2.45, 2.75) is 54.6 Å². The summed E-state index contributed by atoms with van der Waals surface area (Å²) < 4.78 is 11.7.